The average molecular weight is 166 g/mol. The smallest absolute Gasteiger partial charge is 0.120 e. The van der Waals surface area contributed by atoms with Gasteiger partial charge in [-0.05, 0) is 13.3 Å². The number of aldehydes is 1. The molecule has 1 aromatic rings. The Labute approximate surface area is 72.4 Å². The number of imidazole rings is 1. The lowest BCUT2D eigenvalue weighted by Gasteiger charge is -2.02. The summed E-state index contributed by atoms with van der Waals surface area (Å²) >= 11 is 0. The molecule has 0 aliphatic carbocycles. The van der Waals surface area contributed by atoms with Crippen molar-refractivity contribution in [3.8, 4) is 0 Å². The van der Waals surface area contributed by atoms with Gasteiger partial charge in [0, 0.05) is 31.8 Å². The molecule has 0 radical (unpaired) electrons. The van der Waals surface area contributed by atoms with E-state index < -0.39 is 0 Å². The average Bonchev–Trinajstić information content (AvgIpc) is 2.52. The molecule has 0 fully saturated rings. The van der Waals surface area contributed by atoms with E-state index in [0.29, 0.717) is 6.42 Å². The second-order valence-electron chi connectivity index (χ2n) is 2.69. The van der Waals surface area contributed by atoms with E-state index in [2.05, 4.69) is 16.5 Å². The number of aromatic nitrogens is 2. The van der Waals surface area contributed by atoms with Crippen LogP contribution in [-0.4, -0.2) is 15.8 Å². The van der Waals surface area contributed by atoms with Crippen molar-refractivity contribution in [3.05, 3.63) is 18.2 Å². The highest BCUT2D eigenvalue weighted by Gasteiger charge is 1.99. The summed E-state index contributed by atoms with van der Waals surface area (Å²) in [4.78, 5) is 14.3. The molecule has 3 heteroatoms. The van der Waals surface area contributed by atoms with Gasteiger partial charge in [0.1, 0.15) is 12.1 Å². The van der Waals surface area contributed by atoms with Crippen LogP contribution >= 0.6 is 0 Å². The van der Waals surface area contributed by atoms with E-state index in [1.165, 1.54) is 0 Å². The molecule has 0 saturated heterocycles. The Kier molecular flexibility index (Phi) is 3.51. The summed E-state index contributed by atoms with van der Waals surface area (Å²) in [5, 5.41) is 0. The maximum Gasteiger partial charge on any atom is 0.120 e. The van der Waals surface area contributed by atoms with Crippen LogP contribution in [0.25, 0.3) is 0 Å². The topological polar surface area (TPSA) is 34.9 Å². The Hall–Kier alpha value is -1.12. The standard InChI is InChI=1S/C9H14N2O/c1-2-11-7-6-10-9(11)5-3-4-8-12/h6-8H,2-5H2,1H3. The summed E-state index contributed by atoms with van der Waals surface area (Å²) in [6.07, 6.45) is 7.17. The van der Waals surface area contributed by atoms with Crippen molar-refractivity contribution in [2.75, 3.05) is 0 Å². The zero-order chi connectivity index (χ0) is 8.81. The van der Waals surface area contributed by atoms with E-state index in [9.17, 15) is 4.79 Å². The fraction of sp³-hybridized carbons (Fsp3) is 0.556. The molecule has 0 atom stereocenters. The van der Waals surface area contributed by atoms with Gasteiger partial charge in [0.05, 0.1) is 0 Å². The van der Waals surface area contributed by atoms with Crippen LogP contribution in [-0.2, 0) is 17.8 Å². The quantitative estimate of drug-likeness (QED) is 0.490. The molecule has 0 saturated carbocycles. The first-order valence-electron chi connectivity index (χ1n) is 4.32. The molecule has 0 aromatic carbocycles. The van der Waals surface area contributed by atoms with Crippen molar-refractivity contribution in [2.45, 2.75) is 32.7 Å². The van der Waals surface area contributed by atoms with Crippen LogP contribution in [0.4, 0.5) is 0 Å². The molecule has 0 aliphatic heterocycles. The predicted molar refractivity (Wildman–Crippen MR) is 46.9 cm³/mol. The van der Waals surface area contributed by atoms with Gasteiger partial charge in [-0.15, -0.1) is 0 Å². The monoisotopic (exact) mass is 166 g/mol. The Morgan fingerprint density at radius 1 is 1.67 bits per heavy atom. The van der Waals surface area contributed by atoms with Crippen molar-refractivity contribution < 1.29 is 4.79 Å². The highest BCUT2D eigenvalue weighted by molar-refractivity contribution is 5.49. The molecule has 12 heavy (non-hydrogen) atoms. The Morgan fingerprint density at radius 3 is 3.17 bits per heavy atom. The summed E-state index contributed by atoms with van der Waals surface area (Å²) in [5.41, 5.74) is 0. The number of carbonyl (C=O) groups excluding carboxylic acids is 1. The van der Waals surface area contributed by atoms with Crippen molar-refractivity contribution >= 4 is 6.29 Å². The van der Waals surface area contributed by atoms with Crippen LogP contribution in [0.5, 0.6) is 0 Å². The number of unbranched alkanes of at least 4 members (excludes halogenated alkanes) is 1. The van der Waals surface area contributed by atoms with E-state index in [4.69, 9.17) is 0 Å². The first-order chi connectivity index (χ1) is 5.88. The normalized spacial score (nSPS) is 10.1. The molecule has 1 heterocycles. The Morgan fingerprint density at radius 2 is 2.50 bits per heavy atom. The van der Waals surface area contributed by atoms with E-state index in [1.807, 2.05) is 6.20 Å². The predicted octanol–water partition coefficient (Wildman–Crippen LogP) is 1.42. The molecular formula is C9H14N2O. The van der Waals surface area contributed by atoms with Gasteiger partial charge in [-0.2, -0.15) is 0 Å². The lowest BCUT2D eigenvalue weighted by molar-refractivity contribution is -0.107. The summed E-state index contributed by atoms with van der Waals surface area (Å²) in [5.74, 6) is 1.08. The van der Waals surface area contributed by atoms with Gasteiger partial charge in [0.25, 0.3) is 0 Å². The van der Waals surface area contributed by atoms with E-state index in [1.54, 1.807) is 6.20 Å². The van der Waals surface area contributed by atoms with Crippen LogP contribution in [0.1, 0.15) is 25.6 Å². The van der Waals surface area contributed by atoms with Gasteiger partial charge >= 0.3 is 0 Å². The maximum absolute atomic E-state index is 10.1. The first kappa shape index (κ1) is 8.97. The van der Waals surface area contributed by atoms with Crippen molar-refractivity contribution in [1.82, 2.24) is 9.55 Å². The molecule has 0 unspecified atom stereocenters. The molecule has 66 valence electrons. The minimum atomic E-state index is 0.635. The fourth-order valence-electron chi connectivity index (χ4n) is 1.20. The Balaban J connectivity index is 2.44. The SMILES string of the molecule is CCn1ccnc1CCCC=O. The minimum Gasteiger partial charge on any atom is -0.335 e. The lowest BCUT2D eigenvalue weighted by Crippen LogP contribution is -2.00. The van der Waals surface area contributed by atoms with Crippen molar-refractivity contribution in [1.29, 1.82) is 0 Å². The van der Waals surface area contributed by atoms with Crippen molar-refractivity contribution in [2.24, 2.45) is 0 Å². The molecular weight excluding hydrogens is 152 g/mol. The van der Waals surface area contributed by atoms with Crippen LogP contribution in [0, 0.1) is 0 Å². The van der Waals surface area contributed by atoms with Gasteiger partial charge in [-0.3, -0.25) is 0 Å². The van der Waals surface area contributed by atoms with Crippen LogP contribution in [0.15, 0.2) is 12.4 Å². The molecule has 0 bridgehead atoms. The number of hydrogen-bond donors (Lipinski definition) is 0. The van der Waals surface area contributed by atoms with Crippen LogP contribution in [0.3, 0.4) is 0 Å². The number of aryl methyl sites for hydroxylation is 2. The number of carbonyl (C=O) groups is 1. The molecule has 3 nitrogen and oxygen atoms in total. The second-order valence-corrected chi connectivity index (χ2v) is 2.69. The Bertz CT molecular complexity index is 242. The largest absolute Gasteiger partial charge is 0.335 e. The number of hydrogen-bond acceptors (Lipinski definition) is 2. The fourth-order valence-corrected chi connectivity index (χ4v) is 1.20. The third kappa shape index (κ3) is 2.19. The summed E-state index contributed by atoms with van der Waals surface area (Å²) in [6, 6.07) is 0. The molecule has 0 aliphatic rings. The highest BCUT2D eigenvalue weighted by atomic mass is 16.1. The molecule has 1 rings (SSSR count). The van der Waals surface area contributed by atoms with E-state index in [-0.39, 0.29) is 0 Å². The van der Waals surface area contributed by atoms with Crippen LogP contribution in [0.2, 0.25) is 0 Å². The summed E-state index contributed by atoms with van der Waals surface area (Å²) in [7, 11) is 0. The number of nitrogens with zero attached hydrogens (tertiary/aromatic N) is 2. The van der Waals surface area contributed by atoms with Gasteiger partial charge in [-0.25, -0.2) is 4.98 Å². The highest BCUT2D eigenvalue weighted by Crippen LogP contribution is 2.02. The van der Waals surface area contributed by atoms with E-state index in [0.717, 1.165) is 31.5 Å². The summed E-state index contributed by atoms with van der Waals surface area (Å²) < 4.78 is 2.10. The zero-order valence-corrected chi connectivity index (χ0v) is 7.36. The van der Waals surface area contributed by atoms with Crippen LogP contribution < -0.4 is 0 Å². The lowest BCUT2D eigenvalue weighted by atomic mass is 10.2. The third-order valence-corrected chi connectivity index (χ3v) is 1.86. The van der Waals surface area contributed by atoms with Gasteiger partial charge in [-0.1, -0.05) is 0 Å². The molecule has 0 spiro atoms. The third-order valence-electron chi connectivity index (χ3n) is 1.86. The first-order valence-corrected chi connectivity index (χ1v) is 4.32. The van der Waals surface area contributed by atoms with Gasteiger partial charge in [0.2, 0.25) is 0 Å². The van der Waals surface area contributed by atoms with Gasteiger partial charge in [0.15, 0.2) is 0 Å². The van der Waals surface area contributed by atoms with Gasteiger partial charge < -0.3 is 9.36 Å². The second kappa shape index (κ2) is 4.70. The summed E-state index contributed by atoms with van der Waals surface area (Å²) in [6.45, 7) is 3.04. The maximum atomic E-state index is 10.1. The zero-order valence-electron chi connectivity index (χ0n) is 7.36. The van der Waals surface area contributed by atoms with E-state index >= 15 is 0 Å². The minimum absolute atomic E-state index is 0.635. The number of rotatable bonds is 5. The molecule has 0 amide bonds. The molecule has 0 N–H and O–H groups in total. The molecule has 1 aromatic heterocycles. The van der Waals surface area contributed by atoms with Crippen molar-refractivity contribution in [3.63, 3.8) is 0 Å².